The van der Waals surface area contributed by atoms with Gasteiger partial charge in [0.1, 0.15) is 5.82 Å². The van der Waals surface area contributed by atoms with Crippen molar-refractivity contribution in [1.29, 1.82) is 0 Å². The maximum absolute atomic E-state index is 12.9. The lowest BCUT2D eigenvalue weighted by molar-refractivity contribution is -0.130. The van der Waals surface area contributed by atoms with E-state index in [0.29, 0.717) is 32.0 Å². The van der Waals surface area contributed by atoms with Gasteiger partial charge in [0.15, 0.2) is 0 Å². The Kier molecular flexibility index (Phi) is 4.41. The first-order valence-electron chi connectivity index (χ1n) is 7.92. The summed E-state index contributed by atoms with van der Waals surface area (Å²) in [5.41, 5.74) is 0.803. The van der Waals surface area contributed by atoms with E-state index in [-0.39, 0.29) is 24.1 Å². The van der Waals surface area contributed by atoms with Gasteiger partial charge in [-0.25, -0.2) is 4.39 Å². The molecule has 2 fully saturated rings. The van der Waals surface area contributed by atoms with Crippen molar-refractivity contribution in [3.63, 3.8) is 0 Å². The smallest absolute Gasteiger partial charge is 0.227 e. The minimum Gasteiger partial charge on any atom is -0.341 e. The Bertz CT molecular complexity index is 554. The van der Waals surface area contributed by atoms with Crippen molar-refractivity contribution in [2.24, 2.45) is 5.92 Å². The summed E-state index contributed by atoms with van der Waals surface area (Å²) < 4.78 is 12.9. The van der Waals surface area contributed by atoms with Gasteiger partial charge in [-0.2, -0.15) is 0 Å². The number of nitrogens with zero attached hydrogens (tertiary/aromatic N) is 2. The summed E-state index contributed by atoms with van der Waals surface area (Å²) in [5, 5.41) is 0. The zero-order valence-corrected chi connectivity index (χ0v) is 12.6. The molecule has 0 atom stereocenters. The van der Waals surface area contributed by atoms with Crippen LogP contribution < -0.4 is 0 Å². The van der Waals surface area contributed by atoms with E-state index in [4.69, 9.17) is 0 Å². The number of amides is 2. The van der Waals surface area contributed by atoms with E-state index in [2.05, 4.69) is 0 Å². The highest BCUT2D eigenvalue weighted by Crippen LogP contribution is 2.30. The predicted molar refractivity (Wildman–Crippen MR) is 80.6 cm³/mol. The van der Waals surface area contributed by atoms with Gasteiger partial charge in [0.25, 0.3) is 0 Å². The monoisotopic (exact) mass is 304 g/mol. The molecule has 22 heavy (non-hydrogen) atoms. The van der Waals surface area contributed by atoms with Gasteiger partial charge in [-0.1, -0.05) is 12.1 Å². The van der Waals surface area contributed by atoms with E-state index in [1.54, 1.807) is 17.0 Å². The van der Waals surface area contributed by atoms with Gasteiger partial charge >= 0.3 is 0 Å². The molecule has 2 amide bonds. The van der Waals surface area contributed by atoms with Crippen LogP contribution in [0.25, 0.3) is 0 Å². The van der Waals surface area contributed by atoms with Crippen LogP contribution in [0, 0.1) is 11.7 Å². The maximum Gasteiger partial charge on any atom is 0.227 e. The van der Waals surface area contributed by atoms with Gasteiger partial charge in [-0.15, -0.1) is 0 Å². The first-order valence-corrected chi connectivity index (χ1v) is 7.92. The Balaban J connectivity index is 1.56. The van der Waals surface area contributed by atoms with Crippen molar-refractivity contribution < 1.29 is 14.0 Å². The molecule has 4 nitrogen and oxygen atoms in total. The quantitative estimate of drug-likeness (QED) is 0.851. The first-order chi connectivity index (χ1) is 10.6. The molecule has 1 heterocycles. The molecule has 1 saturated heterocycles. The number of hydrogen-bond donors (Lipinski definition) is 0. The second-order valence-electron chi connectivity index (χ2n) is 6.22. The Morgan fingerprint density at radius 2 is 1.86 bits per heavy atom. The van der Waals surface area contributed by atoms with E-state index in [0.717, 1.165) is 12.1 Å². The molecule has 0 spiro atoms. The molecule has 0 aromatic heterocycles. The maximum atomic E-state index is 12.9. The lowest BCUT2D eigenvalue weighted by Crippen LogP contribution is -2.37. The zero-order chi connectivity index (χ0) is 15.5. The Labute approximate surface area is 129 Å². The fourth-order valence-corrected chi connectivity index (χ4v) is 2.81. The van der Waals surface area contributed by atoms with Gasteiger partial charge in [-0.05, 0) is 36.5 Å². The summed E-state index contributed by atoms with van der Waals surface area (Å²) in [5.74, 6) is 0.536. The largest absolute Gasteiger partial charge is 0.341 e. The molecule has 118 valence electrons. The lowest BCUT2D eigenvalue weighted by atomic mass is 10.1. The highest BCUT2D eigenvalue weighted by Gasteiger charge is 2.29. The van der Waals surface area contributed by atoms with Crippen LogP contribution in [0.5, 0.6) is 0 Å². The predicted octanol–water partition coefficient (Wildman–Crippen LogP) is 1.84. The van der Waals surface area contributed by atoms with Crippen molar-refractivity contribution in [3.8, 4) is 0 Å². The van der Waals surface area contributed by atoms with E-state index < -0.39 is 0 Å². The van der Waals surface area contributed by atoms with Crippen molar-refractivity contribution in [2.45, 2.75) is 25.7 Å². The molecule has 0 bridgehead atoms. The van der Waals surface area contributed by atoms with E-state index in [9.17, 15) is 14.0 Å². The number of benzene rings is 1. The zero-order valence-electron chi connectivity index (χ0n) is 12.6. The number of hydrogen-bond acceptors (Lipinski definition) is 2. The van der Waals surface area contributed by atoms with E-state index in [1.165, 1.54) is 25.0 Å². The fraction of sp³-hybridized carbons (Fsp3) is 0.529. The summed E-state index contributed by atoms with van der Waals surface area (Å²) in [6.07, 6.45) is 3.10. The average Bonchev–Trinajstić information content (AvgIpc) is 3.32. The minimum absolute atomic E-state index is 0.00711. The fourth-order valence-electron chi connectivity index (χ4n) is 2.81. The van der Waals surface area contributed by atoms with Crippen LogP contribution in [0.15, 0.2) is 24.3 Å². The Morgan fingerprint density at radius 3 is 2.55 bits per heavy atom. The molecule has 0 unspecified atom stereocenters. The van der Waals surface area contributed by atoms with Crippen LogP contribution in [-0.2, 0) is 16.0 Å². The normalized spacial score (nSPS) is 19.2. The molecule has 2 aliphatic rings. The van der Waals surface area contributed by atoms with Crippen LogP contribution in [0.3, 0.4) is 0 Å². The third kappa shape index (κ3) is 3.84. The highest BCUT2D eigenvalue weighted by molar-refractivity contribution is 5.81. The topological polar surface area (TPSA) is 40.6 Å². The third-order valence-corrected chi connectivity index (χ3v) is 4.38. The summed E-state index contributed by atoms with van der Waals surface area (Å²) in [6.45, 7) is 2.56. The van der Waals surface area contributed by atoms with E-state index in [1.807, 2.05) is 4.90 Å². The van der Waals surface area contributed by atoms with E-state index >= 15 is 0 Å². The second-order valence-corrected chi connectivity index (χ2v) is 6.22. The van der Waals surface area contributed by atoms with Gasteiger partial charge in [-0.3, -0.25) is 9.59 Å². The summed E-state index contributed by atoms with van der Waals surface area (Å²) >= 11 is 0. The van der Waals surface area contributed by atoms with Crippen molar-refractivity contribution in [1.82, 2.24) is 9.80 Å². The first kappa shape index (κ1) is 15.0. The van der Waals surface area contributed by atoms with Crippen molar-refractivity contribution >= 4 is 11.8 Å². The van der Waals surface area contributed by atoms with Crippen molar-refractivity contribution in [2.75, 3.05) is 26.2 Å². The van der Waals surface area contributed by atoms with Crippen LogP contribution in [0.2, 0.25) is 0 Å². The second kappa shape index (κ2) is 6.46. The molecule has 1 aromatic rings. The summed E-state index contributed by atoms with van der Waals surface area (Å²) in [7, 11) is 0. The summed E-state index contributed by atoms with van der Waals surface area (Å²) in [4.78, 5) is 28.1. The average molecular weight is 304 g/mol. The van der Waals surface area contributed by atoms with Gasteiger partial charge < -0.3 is 9.80 Å². The molecule has 1 saturated carbocycles. The minimum atomic E-state index is -0.299. The van der Waals surface area contributed by atoms with Gasteiger partial charge in [0.05, 0.1) is 6.42 Å². The molecular formula is C17H21FN2O2. The molecule has 3 rings (SSSR count). The third-order valence-electron chi connectivity index (χ3n) is 4.38. The Hall–Kier alpha value is -1.91. The van der Waals surface area contributed by atoms with Crippen LogP contribution in [-0.4, -0.2) is 47.8 Å². The lowest BCUT2D eigenvalue weighted by Gasteiger charge is -2.22. The molecule has 0 radical (unpaired) electrons. The number of carbonyl (C=O) groups is 2. The van der Waals surface area contributed by atoms with Crippen LogP contribution >= 0.6 is 0 Å². The molecule has 1 aromatic carbocycles. The standard InChI is InChI=1S/C17H21FN2O2/c18-15-5-3-13(4-6-15)11-17(22)19-8-7-16(21)20(10-9-19)12-14-1-2-14/h3-6,14H,1-2,7-12H2. The molecular weight excluding hydrogens is 283 g/mol. The SMILES string of the molecule is O=C(Cc1ccc(F)cc1)N1CCC(=O)N(CC2CC2)CC1. The van der Waals surface area contributed by atoms with Crippen LogP contribution in [0.1, 0.15) is 24.8 Å². The molecule has 1 aliphatic heterocycles. The molecule has 0 N–H and O–H groups in total. The van der Waals surface area contributed by atoms with Crippen molar-refractivity contribution in [3.05, 3.63) is 35.6 Å². The van der Waals surface area contributed by atoms with Crippen LogP contribution in [0.4, 0.5) is 4.39 Å². The van der Waals surface area contributed by atoms with Gasteiger partial charge in [0, 0.05) is 32.6 Å². The summed E-state index contributed by atoms with van der Waals surface area (Å²) in [6, 6.07) is 6.00. The van der Waals surface area contributed by atoms with Gasteiger partial charge in [0.2, 0.25) is 11.8 Å². The number of rotatable bonds is 4. The Morgan fingerprint density at radius 1 is 1.14 bits per heavy atom. The highest BCUT2D eigenvalue weighted by atomic mass is 19.1. The number of carbonyl (C=O) groups excluding carboxylic acids is 2. The molecule has 1 aliphatic carbocycles. The number of halogens is 1. The molecule has 5 heteroatoms.